The molecule has 90 valence electrons. The lowest BCUT2D eigenvalue weighted by Gasteiger charge is -2.21. The quantitative estimate of drug-likeness (QED) is 0.713. The van der Waals surface area contributed by atoms with Crippen LogP contribution in [0.5, 0.6) is 0 Å². The van der Waals surface area contributed by atoms with Crippen LogP contribution in [0.4, 0.5) is 0 Å². The summed E-state index contributed by atoms with van der Waals surface area (Å²) in [6.07, 6.45) is 0.764. The van der Waals surface area contributed by atoms with Gasteiger partial charge in [0.1, 0.15) is 0 Å². The van der Waals surface area contributed by atoms with Crippen LogP contribution in [0.3, 0.4) is 0 Å². The van der Waals surface area contributed by atoms with Crippen molar-refractivity contribution in [1.82, 2.24) is 0 Å². The van der Waals surface area contributed by atoms with Crippen LogP contribution in [0.15, 0.2) is 0 Å². The predicted molar refractivity (Wildman–Crippen MR) is 62.7 cm³/mol. The molecule has 1 N–H and O–H groups in total. The van der Waals surface area contributed by atoms with Gasteiger partial charge < -0.3 is 9.84 Å². The first-order chi connectivity index (χ1) is 7.09. The molecule has 0 aromatic rings. The van der Waals surface area contributed by atoms with Gasteiger partial charge in [0.2, 0.25) is 0 Å². The standard InChI is InChI=1S/C13H26O2/c1-9-10(2)12(4)13(11(9)3)8-15-7-5-6-14/h9-14H,5-8H2,1-4H3/t9-,10?,11?,12?,13-/m0/s1. The van der Waals surface area contributed by atoms with Gasteiger partial charge in [0.15, 0.2) is 0 Å². The molecule has 2 heteroatoms. The fraction of sp³-hybridized carbons (Fsp3) is 1.00. The van der Waals surface area contributed by atoms with Gasteiger partial charge >= 0.3 is 0 Å². The maximum absolute atomic E-state index is 8.67. The molecule has 0 amide bonds. The first kappa shape index (κ1) is 13.0. The lowest BCUT2D eigenvalue weighted by atomic mass is 9.90. The fourth-order valence-corrected chi connectivity index (χ4v) is 2.91. The van der Waals surface area contributed by atoms with Crippen LogP contribution in [-0.4, -0.2) is 24.9 Å². The zero-order chi connectivity index (χ0) is 11.4. The Morgan fingerprint density at radius 3 is 1.93 bits per heavy atom. The molecule has 1 aliphatic rings. The lowest BCUT2D eigenvalue weighted by molar-refractivity contribution is 0.0616. The second-order valence-corrected chi connectivity index (χ2v) is 5.25. The van der Waals surface area contributed by atoms with E-state index < -0.39 is 0 Å². The normalized spacial score (nSPS) is 41.0. The van der Waals surface area contributed by atoms with Crippen molar-refractivity contribution in [3.63, 3.8) is 0 Å². The number of ether oxygens (including phenoxy) is 1. The molecule has 1 fully saturated rings. The Labute approximate surface area is 94.0 Å². The summed E-state index contributed by atoms with van der Waals surface area (Å²) in [4.78, 5) is 0. The highest BCUT2D eigenvalue weighted by atomic mass is 16.5. The van der Waals surface area contributed by atoms with E-state index >= 15 is 0 Å². The highest BCUT2D eigenvalue weighted by Crippen LogP contribution is 2.45. The van der Waals surface area contributed by atoms with Gasteiger partial charge in [-0.3, -0.25) is 0 Å². The van der Waals surface area contributed by atoms with Crippen LogP contribution in [0.1, 0.15) is 34.1 Å². The minimum absolute atomic E-state index is 0.239. The second kappa shape index (κ2) is 5.86. The molecule has 1 rings (SSSR count). The smallest absolute Gasteiger partial charge is 0.0499 e. The summed E-state index contributed by atoms with van der Waals surface area (Å²) in [6.45, 7) is 11.2. The van der Waals surface area contributed by atoms with Gasteiger partial charge in [-0.15, -0.1) is 0 Å². The Kier molecular flexibility index (Phi) is 5.07. The Morgan fingerprint density at radius 1 is 0.933 bits per heavy atom. The average Bonchev–Trinajstić information content (AvgIpc) is 2.41. The van der Waals surface area contributed by atoms with Crippen molar-refractivity contribution >= 4 is 0 Å². The Hall–Kier alpha value is -0.0800. The zero-order valence-electron chi connectivity index (χ0n) is 10.6. The predicted octanol–water partition coefficient (Wildman–Crippen LogP) is 2.56. The van der Waals surface area contributed by atoms with E-state index in [0.29, 0.717) is 12.5 Å². The topological polar surface area (TPSA) is 29.5 Å². The van der Waals surface area contributed by atoms with Crippen molar-refractivity contribution in [2.24, 2.45) is 29.6 Å². The van der Waals surface area contributed by atoms with Gasteiger partial charge in [-0.05, 0) is 36.0 Å². The number of aliphatic hydroxyl groups excluding tert-OH is 1. The van der Waals surface area contributed by atoms with E-state index in [9.17, 15) is 0 Å². The molecule has 0 radical (unpaired) electrons. The Bertz CT molecular complexity index is 167. The van der Waals surface area contributed by atoms with Crippen molar-refractivity contribution in [2.45, 2.75) is 34.1 Å². The largest absolute Gasteiger partial charge is 0.396 e. The van der Waals surface area contributed by atoms with Crippen molar-refractivity contribution in [1.29, 1.82) is 0 Å². The van der Waals surface area contributed by atoms with Crippen LogP contribution in [-0.2, 0) is 4.74 Å². The molecular weight excluding hydrogens is 188 g/mol. The monoisotopic (exact) mass is 214 g/mol. The first-order valence-electron chi connectivity index (χ1n) is 6.28. The van der Waals surface area contributed by atoms with Gasteiger partial charge in [-0.1, -0.05) is 27.7 Å². The third kappa shape index (κ3) is 2.94. The number of hydrogen-bond acceptors (Lipinski definition) is 2. The number of rotatable bonds is 5. The molecule has 0 saturated heterocycles. The van der Waals surface area contributed by atoms with Gasteiger partial charge in [0, 0.05) is 19.8 Å². The molecule has 15 heavy (non-hydrogen) atoms. The van der Waals surface area contributed by atoms with E-state index in [1.54, 1.807) is 0 Å². The minimum atomic E-state index is 0.239. The van der Waals surface area contributed by atoms with Crippen LogP contribution < -0.4 is 0 Å². The average molecular weight is 214 g/mol. The molecule has 1 aliphatic carbocycles. The van der Waals surface area contributed by atoms with E-state index in [1.807, 2.05) is 0 Å². The molecule has 1 saturated carbocycles. The van der Waals surface area contributed by atoms with Crippen LogP contribution in [0.2, 0.25) is 0 Å². The second-order valence-electron chi connectivity index (χ2n) is 5.25. The third-order valence-electron chi connectivity index (χ3n) is 4.60. The van der Waals surface area contributed by atoms with Crippen LogP contribution in [0.25, 0.3) is 0 Å². The highest BCUT2D eigenvalue weighted by molar-refractivity contribution is 4.89. The van der Waals surface area contributed by atoms with E-state index in [2.05, 4.69) is 27.7 Å². The molecule has 0 aromatic heterocycles. The van der Waals surface area contributed by atoms with E-state index in [0.717, 1.165) is 36.7 Å². The molecule has 3 unspecified atom stereocenters. The molecule has 0 bridgehead atoms. The fourth-order valence-electron chi connectivity index (χ4n) is 2.91. The summed E-state index contributed by atoms with van der Waals surface area (Å²) in [5.41, 5.74) is 0. The summed E-state index contributed by atoms with van der Waals surface area (Å²) in [5, 5.41) is 8.67. The summed E-state index contributed by atoms with van der Waals surface area (Å²) in [7, 11) is 0. The SMILES string of the molecule is CC1C(C)[C@@H](COCCCO)C(C)[C@H]1C. The summed E-state index contributed by atoms with van der Waals surface area (Å²) < 4.78 is 5.64. The zero-order valence-corrected chi connectivity index (χ0v) is 10.6. The summed E-state index contributed by atoms with van der Waals surface area (Å²) >= 11 is 0. The molecule has 0 heterocycles. The van der Waals surface area contributed by atoms with Crippen molar-refractivity contribution < 1.29 is 9.84 Å². The minimum Gasteiger partial charge on any atom is -0.396 e. The number of aliphatic hydroxyl groups is 1. The van der Waals surface area contributed by atoms with Crippen LogP contribution in [0, 0.1) is 29.6 Å². The highest BCUT2D eigenvalue weighted by Gasteiger charge is 2.41. The van der Waals surface area contributed by atoms with Gasteiger partial charge in [-0.25, -0.2) is 0 Å². The van der Waals surface area contributed by atoms with E-state index in [4.69, 9.17) is 9.84 Å². The maximum Gasteiger partial charge on any atom is 0.0499 e. The van der Waals surface area contributed by atoms with Crippen molar-refractivity contribution in [2.75, 3.05) is 19.8 Å². The van der Waals surface area contributed by atoms with Crippen molar-refractivity contribution in [3.8, 4) is 0 Å². The van der Waals surface area contributed by atoms with Gasteiger partial charge in [-0.2, -0.15) is 0 Å². The summed E-state index contributed by atoms with van der Waals surface area (Å²) in [5.74, 6) is 3.86. The first-order valence-corrected chi connectivity index (χ1v) is 6.28. The third-order valence-corrected chi connectivity index (χ3v) is 4.60. The molecule has 0 aromatic carbocycles. The van der Waals surface area contributed by atoms with Gasteiger partial charge in [0.05, 0.1) is 0 Å². The van der Waals surface area contributed by atoms with Crippen molar-refractivity contribution in [3.05, 3.63) is 0 Å². The summed E-state index contributed by atoms with van der Waals surface area (Å²) in [6, 6.07) is 0. The number of hydrogen-bond donors (Lipinski definition) is 1. The molecule has 2 nitrogen and oxygen atoms in total. The van der Waals surface area contributed by atoms with Crippen LogP contribution >= 0.6 is 0 Å². The Morgan fingerprint density at radius 2 is 1.47 bits per heavy atom. The van der Waals surface area contributed by atoms with E-state index in [1.165, 1.54) is 0 Å². The lowest BCUT2D eigenvalue weighted by Crippen LogP contribution is -2.20. The van der Waals surface area contributed by atoms with E-state index in [-0.39, 0.29) is 6.61 Å². The molecule has 0 aliphatic heterocycles. The maximum atomic E-state index is 8.67. The van der Waals surface area contributed by atoms with Gasteiger partial charge in [0.25, 0.3) is 0 Å². The molecule has 0 spiro atoms. The molecular formula is C13H26O2. The Balaban J connectivity index is 2.34. The molecule has 5 atom stereocenters.